The van der Waals surface area contributed by atoms with Gasteiger partial charge in [0.25, 0.3) is 0 Å². The third-order valence-electron chi connectivity index (χ3n) is 18.2. The number of ether oxygens (including phenoxy) is 3. The first-order chi connectivity index (χ1) is 48.6. The maximum atomic E-state index is 13.2. The Morgan fingerprint density at radius 2 is 0.870 bits per heavy atom. The highest BCUT2D eigenvalue weighted by atomic mass is 16.5. The first-order valence-corrected chi connectivity index (χ1v) is 34.4. The monoisotopic (exact) mass is 1340 g/mol. The molecule has 0 radical (unpaired) electrons. The van der Waals surface area contributed by atoms with Crippen LogP contribution in [0, 0.1) is 5.92 Å². The van der Waals surface area contributed by atoms with E-state index in [2.05, 4.69) is 88.3 Å². The van der Waals surface area contributed by atoms with Crippen molar-refractivity contribution in [1.82, 2.24) is 0 Å². The highest BCUT2D eigenvalue weighted by Gasteiger charge is 2.24. The molecule has 14 rings (SSSR count). The second-order valence-corrected chi connectivity index (χ2v) is 26.4. The fourth-order valence-electron chi connectivity index (χ4n) is 12.7. The Morgan fingerprint density at radius 3 is 1.32 bits per heavy atom. The summed E-state index contributed by atoms with van der Waals surface area (Å²) >= 11 is 0. The summed E-state index contributed by atoms with van der Waals surface area (Å²) in [5, 5.41) is 43.3. The molecule has 0 spiro atoms. The first kappa shape index (κ1) is 69.2. The van der Waals surface area contributed by atoms with Gasteiger partial charge in [-0.25, -0.2) is 0 Å². The summed E-state index contributed by atoms with van der Waals surface area (Å²) in [6, 6.07) is 66.5. The van der Waals surface area contributed by atoms with Crippen LogP contribution in [0.15, 0.2) is 234 Å². The van der Waals surface area contributed by atoms with E-state index < -0.39 is 0 Å². The fraction of sp³-hybridized carbons (Fsp3) is 0.259. The zero-order chi connectivity index (χ0) is 69.8. The molecule has 4 heterocycles. The number of benzene rings is 10. The van der Waals surface area contributed by atoms with Crippen molar-refractivity contribution in [3.05, 3.63) is 276 Å². The minimum Gasteiger partial charge on any atom is -0.489 e. The summed E-state index contributed by atoms with van der Waals surface area (Å²) in [5.74, 6) is 4.45. The van der Waals surface area contributed by atoms with Gasteiger partial charge in [-0.05, 0) is 91.9 Å². The molecule has 0 amide bonds. The van der Waals surface area contributed by atoms with E-state index in [4.69, 9.17) is 32.6 Å². The van der Waals surface area contributed by atoms with Crippen LogP contribution in [0.1, 0.15) is 118 Å². The van der Waals surface area contributed by atoms with E-state index >= 15 is 0 Å². The predicted octanol–water partition coefficient (Wildman–Crippen LogP) is 18.2. The number of fused-ring (bicyclic) bond motifs is 6. The molecule has 512 valence electrons. The number of nitrogens with zero attached hydrogens (tertiary/aromatic N) is 1. The van der Waals surface area contributed by atoms with Gasteiger partial charge >= 0.3 is 0 Å². The van der Waals surface area contributed by atoms with Crippen LogP contribution < -0.4 is 46.0 Å². The van der Waals surface area contributed by atoms with E-state index in [9.17, 15) is 24.6 Å². The van der Waals surface area contributed by atoms with E-state index in [0.29, 0.717) is 118 Å². The Kier molecular flexibility index (Phi) is 22.1. The summed E-state index contributed by atoms with van der Waals surface area (Å²) < 4.78 is 37.0. The summed E-state index contributed by atoms with van der Waals surface area (Å²) in [4.78, 5) is 41.3. The molecule has 15 heteroatoms. The maximum Gasteiger partial charge on any atom is 0.195 e. The molecule has 100 heavy (non-hydrogen) atoms. The number of piperidine rings is 1. The van der Waals surface area contributed by atoms with Crippen LogP contribution in [0.3, 0.4) is 0 Å². The van der Waals surface area contributed by atoms with Gasteiger partial charge in [0, 0.05) is 111 Å². The minimum atomic E-state index is -0.114. The van der Waals surface area contributed by atoms with E-state index in [1.54, 1.807) is 30.3 Å². The van der Waals surface area contributed by atoms with E-state index in [-0.39, 0.29) is 53.9 Å². The summed E-state index contributed by atoms with van der Waals surface area (Å²) in [6.07, 6.45) is 2.38. The highest BCUT2D eigenvalue weighted by molar-refractivity contribution is 5.95. The number of hydrogen-bond donors (Lipinski definition) is 5. The second-order valence-electron chi connectivity index (χ2n) is 26.4. The average molecular weight is 1340 g/mol. The van der Waals surface area contributed by atoms with E-state index in [1.165, 1.54) is 16.2 Å². The van der Waals surface area contributed by atoms with Gasteiger partial charge in [-0.15, -0.1) is 0 Å². The van der Waals surface area contributed by atoms with Gasteiger partial charge in [0.1, 0.15) is 71.1 Å². The number of nitrogens with one attached hydrogen (secondary N) is 2. The lowest BCUT2D eigenvalue weighted by Gasteiger charge is -2.33. The molecule has 1 fully saturated rings. The summed E-state index contributed by atoms with van der Waals surface area (Å²) in [7, 11) is 0. The molecule has 1 saturated heterocycles. The number of rotatable bonds is 21. The number of aliphatic hydroxyl groups excluding tert-OH is 3. The van der Waals surface area contributed by atoms with Crippen LogP contribution >= 0.6 is 0 Å². The number of aliphatic hydroxyl groups is 3. The van der Waals surface area contributed by atoms with E-state index in [0.717, 1.165) is 75.7 Å². The molecular formula is C85H85N3O12. The van der Waals surface area contributed by atoms with Crippen LogP contribution in [-0.2, 0) is 26.4 Å². The lowest BCUT2D eigenvalue weighted by molar-refractivity contribution is 0.203. The van der Waals surface area contributed by atoms with Gasteiger partial charge in [0.15, 0.2) is 16.3 Å². The van der Waals surface area contributed by atoms with Crippen LogP contribution in [0.5, 0.6) is 17.2 Å². The standard InChI is InChI=1S/C30H27NO4.C29H31NO4.C26H27NO4/c1-19(2)28-16-27(33)30-26(31-23-11-5-7-20(13-23)17-32)14-24(15-29(30)35-28)34-18-22-10-6-9-21-8-3-4-12-25(21)22;1-19(2)27-16-26(32)29-25(30-12-10-20(17-31)11-13-30)14-23(15-28(29)34-27)33-18-22-8-5-7-21-6-3-4-9-24(21)22;1-17(2)24-15-23(29)26-22(27-11-6-12-28)13-20(14-25(26)31-24)30-16-19-9-5-8-18-7-3-4-10-21(18)19/h3-16,19,31-32H,17-18H2,1-2H3;3-9,14-16,19-20,31H,10-13,17-18H2,1-2H3;3-5,7-10,13-15,17,27-28H,6,11-12,16H2,1-2H3. The Morgan fingerprint density at radius 1 is 0.460 bits per heavy atom. The predicted molar refractivity (Wildman–Crippen MR) is 402 cm³/mol. The Bertz CT molecular complexity index is 5200. The Balaban J connectivity index is 0.000000142. The molecule has 0 unspecified atom stereocenters. The molecule has 15 nitrogen and oxygen atoms in total. The second kappa shape index (κ2) is 31.9. The van der Waals surface area contributed by atoms with Crippen molar-refractivity contribution >= 4 is 88.0 Å². The Labute approximate surface area is 580 Å². The van der Waals surface area contributed by atoms with Crippen LogP contribution in [0.25, 0.3) is 65.2 Å². The SMILES string of the molecule is CC(C)c1cc(=O)c2c(N3CCC(CO)CC3)cc(OCc3cccc4ccccc34)cc2o1.CC(C)c1cc(=O)c2c(NCCCO)cc(OCc3cccc4ccccc34)cc2o1.CC(C)c1cc(=O)c2c(Nc3cccc(CO)c3)cc(OCc3cccc4ccccc34)cc2o1. The van der Waals surface area contributed by atoms with Crippen molar-refractivity contribution in [2.75, 3.05) is 48.4 Å². The molecule has 0 aliphatic carbocycles. The normalized spacial score (nSPS) is 12.5. The van der Waals surface area contributed by atoms with Crippen LogP contribution in [-0.4, -0.2) is 48.2 Å². The summed E-state index contributed by atoms with van der Waals surface area (Å²) in [6.45, 7) is 15.6. The molecule has 1 aliphatic heterocycles. The first-order valence-electron chi connectivity index (χ1n) is 34.4. The van der Waals surface area contributed by atoms with Crippen LogP contribution in [0.2, 0.25) is 0 Å². The smallest absolute Gasteiger partial charge is 0.195 e. The van der Waals surface area contributed by atoms with Gasteiger partial charge in [-0.1, -0.05) is 181 Å². The zero-order valence-electron chi connectivity index (χ0n) is 57.4. The molecule has 1 aliphatic rings. The van der Waals surface area contributed by atoms with E-state index in [1.807, 2.05) is 145 Å². The lowest BCUT2D eigenvalue weighted by atomic mass is 9.97. The highest BCUT2D eigenvalue weighted by Crippen LogP contribution is 2.37. The largest absolute Gasteiger partial charge is 0.489 e. The number of hydrogen-bond acceptors (Lipinski definition) is 15. The molecule has 3 aromatic heterocycles. The molecule has 0 bridgehead atoms. The third-order valence-corrected chi connectivity index (χ3v) is 18.2. The van der Waals surface area contributed by atoms with Crippen molar-refractivity contribution in [2.24, 2.45) is 5.92 Å². The molecule has 5 N–H and O–H groups in total. The van der Waals surface area contributed by atoms with Crippen molar-refractivity contribution < 1.29 is 42.8 Å². The molecule has 10 aromatic carbocycles. The van der Waals surface area contributed by atoms with Gasteiger partial charge in [0.05, 0.1) is 39.8 Å². The quantitative estimate of drug-likeness (QED) is 0.0424. The lowest BCUT2D eigenvalue weighted by Crippen LogP contribution is -2.35. The molecular weight excluding hydrogens is 1250 g/mol. The summed E-state index contributed by atoms with van der Waals surface area (Å²) in [5.41, 5.74) is 8.22. The average Bonchev–Trinajstić information content (AvgIpc) is 0.779. The van der Waals surface area contributed by atoms with Gasteiger partial charge in [-0.2, -0.15) is 0 Å². The van der Waals surface area contributed by atoms with Gasteiger partial charge in [0.2, 0.25) is 0 Å². The Hall–Kier alpha value is -10.7. The third kappa shape index (κ3) is 16.2. The van der Waals surface area contributed by atoms with Crippen molar-refractivity contribution in [3.63, 3.8) is 0 Å². The van der Waals surface area contributed by atoms with Crippen molar-refractivity contribution in [2.45, 2.75) is 105 Å². The molecule has 13 aromatic rings. The number of anilines is 4. The van der Waals surface area contributed by atoms with Gasteiger partial charge < -0.3 is 58.3 Å². The van der Waals surface area contributed by atoms with Gasteiger partial charge in [-0.3, -0.25) is 14.4 Å². The fourth-order valence-corrected chi connectivity index (χ4v) is 12.7. The topological polar surface area (TPSA) is 206 Å². The zero-order valence-corrected chi connectivity index (χ0v) is 57.4. The molecule has 0 atom stereocenters. The van der Waals surface area contributed by atoms with Crippen molar-refractivity contribution in [3.8, 4) is 17.2 Å². The minimum absolute atomic E-state index is 0.0233. The van der Waals surface area contributed by atoms with Crippen LogP contribution in [0.4, 0.5) is 22.7 Å². The maximum absolute atomic E-state index is 13.2. The van der Waals surface area contributed by atoms with Crippen molar-refractivity contribution in [1.29, 1.82) is 0 Å². The molecule has 0 saturated carbocycles.